The van der Waals surface area contributed by atoms with Crippen LogP contribution < -0.4 is 10.6 Å². The number of carbonyl (C=O) groups is 1. The van der Waals surface area contributed by atoms with Gasteiger partial charge in [-0.25, -0.2) is 19.9 Å². The second kappa shape index (κ2) is 10.5. The second-order valence-corrected chi connectivity index (χ2v) is 9.82. The van der Waals surface area contributed by atoms with Gasteiger partial charge in [0.1, 0.15) is 21.0 Å². The summed E-state index contributed by atoms with van der Waals surface area (Å²) in [6.45, 7) is 4.97. The van der Waals surface area contributed by atoms with Crippen LogP contribution in [-0.2, 0) is 6.54 Å². The van der Waals surface area contributed by atoms with Crippen LogP contribution in [0, 0.1) is 0 Å². The quantitative estimate of drug-likeness (QED) is 0.350. The maximum atomic E-state index is 13.1. The Morgan fingerprint density at radius 1 is 0.973 bits per heavy atom. The number of amides is 1. The summed E-state index contributed by atoms with van der Waals surface area (Å²) in [5.74, 6) is 0.208. The maximum Gasteiger partial charge on any atom is 0.274 e. The molecule has 2 N–H and O–H groups in total. The van der Waals surface area contributed by atoms with Crippen molar-refractivity contribution in [3.05, 3.63) is 90.4 Å². The number of piperazine rings is 1. The lowest BCUT2D eigenvalue weighted by molar-refractivity contribution is 0.102. The summed E-state index contributed by atoms with van der Waals surface area (Å²) >= 11 is 1.52. The average molecular weight is 508 g/mol. The van der Waals surface area contributed by atoms with E-state index in [9.17, 15) is 4.79 Å². The minimum atomic E-state index is -0.301. The SMILES string of the molecule is O=C(Nc1ccccc1-c1nc2cc(CN3CCNCC3)cnc2s1)c1ccnc(-c2ccccc2)n1. The highest BCUT2D eigenvalue weighted by Crippen LogP contribution is 2.34. The molecule has 184 valence electrons. The molecule has 1 aliphatic heterocycles. The minimum Gasteiger partial charge on any atom is -0.320 e. The van der Waals surface area contributed by atoms with Crippen LogP contribution in [0.4, 0.5) is 5.69 Å². The van der Waals surface area contributed by atoms with Crippen LogP contribution in [0.15, 0.2) is 79.1 Å². The highest BCUT2D eigenvalue weighted by Gasteiger charge is 2.17. The first-order chi connectivity index (χ1) is 18.2. The van der Waals surface area contributed by atoms with E-state index in [1.807, 2.05) is 60.8 Å². The molecular formula is C28H25N7OS. The summed E-state index contributed by atoms with van der Waals surface area (Å²) in [6.07, 6.45) is 3.55. The van der Waals surface area contributed by atoms with E-state index in [-0.39, 0.29) is 5.91 Å². The molecule has 6 rings (SSSR count). The monoisotopic (exact) mass is 507 g/mol. The number of carbonyl (C=O) groups excluding carboxylic acids is 1. The van der Waals surface area contributed by atoms with Crippen LogP contribution in [0.1, 0.15) is 16.1 Å². The third-order valence-electron chi connectivity index (χ3n) is 6.25. The fraction of sp³-hybridized carbons (Fsp3) is 0.179. The number of pyridine rings is 1. The van der Waals surface area contributed by atoms with Crippen molar-refractivity contribution in [3.8, 4) is 22.0 Å². The number of anilines is 1. The Labute approximate surface area is 218 Å². The molecule has 0 spiro atoms. The van der Waals surface area contributed by atoms with E-state index in [0.29, 0.717) is 17.2 Å². The molecule has 0 saturated carbocycles. The van der Waals surface area contributed by atoms with E-state index in [2.05, 4.69) is 36.6 Å². The summed E-state index contributed by atoms with van der Waals surface area (Å²) in [5, 5.41) is 7.21. The zero-order valence-corrected chi connectivity index (χ0v) is 20.9. The summed E-state index contributed by atoms with van der Waals surface area (Å²) in [6, 6.07) is 21.0. The number of hydrogen-bond donors (Lipinski definition) is 2. The third kappa shape index (κ3) is 5.24. The topological polar surface area (TPSA) is 95.9 Å². The van der Waals surface area contributed by atoms with E-state index >= 15 is 0 Å². The molecule has 1 aliphatic rings. The van der Waals surface area contributed by atoms with Crippen molar-refractivity contribution in [1.29, 1.82) is 0 Å². The molecule has 1 amide bonds. The fourth-order valence-electron chi connectivity index (χ4n) is 4.37. The molecule has 3 aromatic heterocycles. The molecule has 0 unspecified atom stereocenters. The van der Waals surface area contributed by atoms with Gasteiger partial charge in [0.2, 0.25) is 0 Å². The van der Waals surface area contributed by atoms with E-state index in [1.165, 1.54) is 11.3 Å². The van der Waals surface area contributed by atoms with Crippen molar-refractivity contribution in [2.45, 2.75) is 6.54 Å². The van der Waals surface area contributed by atoms with Gasteiger partial charge in [-0.15, -0.1) is 0 Å². The molecule has 2 aromatic carbocycles. The normalized spacial score (nSPS) is 14.1. The van der Waals surface area contributed by atoms with Gasteiger partial charge < -0.3 is 10.6 Å². The van der Waals surface area contributed by atoms with Crippen molar-refractivity contribution >= 4 is 33.3 Å². The Kier molecular flexibility index (Phi) is 6.64. The number of rotatable bonds is 6. The largest absolute Gasteiger partial charge is 0.320 e. The molecule has 37 heavy (non-hydrogen) atoms. The number of benzene rings is 2. The predicted octanol–water partition coefficient (Wildman–Crippen LogP) is 4.47. The summed E-state index contributed by atoms with van der Waals surface area (Å²) in [5.41, 5.74) is 4.71. The number of hydrogen-bond acceptors (Lipinski definition) is 8. The summed E-state index contributed by atoms with van der Waals surface area (Å²) in [4.78, 5) is 34.8. The van der Waals surface area contributed by atoms with E-state index < -0.39 is 0 Å². The molecule has 0 atom stereocenters. The maximum absolute atomic E-state index is 13.1. The Bertz CT molecular complexity index is 1550. The van der Waals surface area contributed by atoms with Gasteiger partial charge in [-0.1, -0.05) is 53.8 Å². The molecule has 4 heterocycles. The van der Waals surface area contributed by atoms with Gasteiger partial charge in [-0.2, -0.15) is 0 Å². The minimum absolute atomic E-state index is 0.298. The predicted molar refractivity (Wildman–Crippen MR) is 146 cm³/mol. The number of nitrogens with zero attached hydrogens (tertiary/aromatic N) is 5. The van der Waals surface area contributed by atoms with Gasteiger partial charge in [-0.3, -0.25) is 9.69 Å². The molecule has 5 aromatic rings. The van der Waals surface area contributed by atoms with Crippen molar-refractivity contribution in [2.24, 2.45) is 0 Å². The Hall–Kier alpha value is -4.05. The third-order valence-corrected chi connectivity index (χ3v) is 7.26. The van der Waals surface area contributed by atoms with Crippen LogP contribution in [0.25, 0.3) is 32.3 Å². The zero-order chi connectivity index (χ0) is 25.0. The van der Waals surface area contributed by atoms with E-state index in [4.69, 9.17) is 4.98 Å². The number of nitrogens with one attached hydrogen (secondary N) is 2. The number of para-hydroxylation sites is 1. The first-order valence-corrected chi connectivity index (χ1v) is 13.0. The smallest absolute Gasteiger partial charge is 0.274 e. The van der Waals surface area contributed by atoms with Crippen LogP contribution >= 0.6 is 11.3 Å². The van der Waals surface area contributed by atoms with Gasteiger partial charge in [-0.05, 0) is 29.8 Å². The van der Waals surface area contributed by atoms with Gasteiger partial charge in [0.25, 0.3) is 5.91 Å². The Morgan fingerprint density at radius 3 is 2.65 bits per heavy atom. The molecule has 0 radical (unpaired) electrons. The van der Waals surface area contributed by atoms with Crippen molar-refractivity contribution < 1.29 is 4.79 Å². The van der Waals surface area contributed by atoms with Gasteiger partial charge >= 0.3 is 0 Å². The standard InChI is InChI=1S/C28H25N7OS/c36-26(23-10-11-30-25(32-23)20-6-2-1-3-7-20)33-22-9-5-4-8-21(22)27-34-24-16-19(17-31-28(24)37-27)18-35-14-12-29-13-15-35/h1-11,16-17,29H,12-15,18H2,(H,33,36). The van der Waals surface area contributed by atoms with Crippen molar-refractivity contribution in [2.75, 3.05) is 31.5 Å². The van der Waals surface area contributed by atoms with Crippen molar-refractivity contribution in [3.63, 3.8) is 0 Å². The van der Waals surface area contributed by atoms with Crippen LogP contribution in [0.2, 0.25) is 0 Å². The molecule has 0 bridgehead atoms. The van der Waals surface area contributed by atoms with Crippen LogP contribution in [0.3, 0.4) is 0 Å². The van der Waals surface area contributed by atoms with Crippen molar-refractivity contribution in [1.82, 2.24) is 30.2 Å². The lowest BCUT2D eigenvalue weighted by atomic mass is 10.1. The fourth-order valence-corrected chi connectivity index (χ4v) is 5.30. The Balaban J connectivity index is 1.24. The van der Waals surface area contributed by atoms with Crippen LogP contribution in [0.5, 0.6) is 0 Å². The second-order valence-electron chi connectivity index (χ2n) is 8.84. The molecule has 1 fully saturated rings. The zero-order valence-electron chi connectivity index (χ0n) is 20.1. The molecule has 0 aliphatic carbocycles. The number of thiazole rings is 1. The van der Waals surface area contributed by atoms with E-state index in [1.54, 1.807) is 12.3 Å². The molecule has 9 heteroatoms. The van der Waals surface area contributed by atoms with Crippen LogP contribution in [-0.4, -0.2) is 56.9 Å². The van der Waals surface area contributed by atoms with Gasteiger partial charge in [0.15, 0.2) is 5.82 Å². The lowest BCUT2D eigenvalue weighted by Crippen LogP contribution is -2.42. The first-order valence-electron chi connectivity index (χ1n) is 12.2. The summed E-state index contributed by atoms with van der Waals surface area (Å²) in [7, 11) is 0. The lowest BCUT2D eigenvalue weighted by Gasteiger charge is -2.26. The summed E-state index contributed by atoms with van der Waals surface area (Å²) < 4.78 is 0. The molecule has 1 saturated heterocycles. The Morgan fingerprint density at radius 2 is 1.78 bits per heavy atom. The number of aromatic nitrogens is 4. The van der Waals surface area contributed by atoms with Gasteiger partial charge in [0.05, 0.1) is 5.69 Å². The highest BCUT2D eigenvalue weighted by atomic mass is 32.1. The molecule has 8 nitrogen and oxygen atoms in total. The highest BCUT2D eigenvalue weighted by molar-refractivity contribution is 7.21. The average Bonchev–Trinajstić information content (AvgIpc) is 3.38. The number of fused-ring (bicyclic) bond motifs is 1. The first kappa shape index (κ1) is 23.4. The molecular weight excluding hydrogens is 482 g/mol. The van der Waals surface area contributed by atoms with E-state index in [0.717, 1.165) is 64.8 Å². The van der Waals surface area contributed by atoms with Gasteiger partial charge in [0, 0.05) is 56.2 Å².